The van der Waals surface area contributed by atoms with Gasteiger partial charge in [0, 0.05) is 26.7 Å². The molecule has 1 aliphatic carbocycles. The molecule has 0 saturated carbocycles. The van der Waals surface area contributed by atoms with E-state index in [9.17, 15) is 4.79 Å². The Hall–Kier alpha value is -3.26. The summed E-state index contributed by atoms with van der Waals surface area (Å²) >= 11 is 13.8. The van der Waals surface area contributed by atoms with Crippen molar-refractivity contribution in [2.45, 2.75) is 38.8 Å². The molecule has 38 heavy (non-hydrogen) atoms. The lowest BCUT2D eigenvalue weighted by molar-refractivity contribution is 0.0948. The van der Waals surface area contributed by atoms with Gasteiger partial charge in [-0.3, -0.25) is 4.79 Å². The van der Waals surface area contributed by atoms with E-state index in [-0.39, 0.29) is 12.5 Å². The average molecular weight is 570 g/mol. The first kappa shape index (κ1) is 26.4. The summed E-state index contributed by atoms with van der Waals surface area (Å²) in [7, 11) is 1.59. The summed E-state index contributed by atoms with van der Waals surface area (Å²) in [5.41, 5.74) is 3.43. The van der Waals surface area contributed by atoms with E-state index in [0.717, 1.165) is 42.4 Å². The third-order valence-electron chi connectivity index (χ3n) is 6.30. The molecule has 2 aromatic carbocycles. The third kappa shape index (κ3) is 6.07. The van der Waals surface area contributed by atoms with Crippen molar-refractivity contribution in [1.82, 2.24) is 5.32 Å². The fraction of sp³-hybridized carbons (Fsp3) is 0.241. The number of halogens is 2. The molecule has 196 valence electrons. The van der Waals surface area contributed by atoms with Crippen LogP contribution in [0, 0.1) is 0 Å². The first-order valence-corrected chi connectivity index (χ1v) is 13.8. The van der Waals surface area contributed by atoms with Crippen molar-refractivity contribution in [2.75, 3.05) is 7.11 Å². The number of fused-ring (bicyclic) bond motifs is 1. The van der Waals surface area contributed by atoms with Gasteiger partial charge in [-0.25, -0.2) is 4.99 Å². The standard InChI is InChI=1S/C29H26Cl2N2O4S/c1-35-25-13-18(8-11-24(25)37-17-19-9-10-20(30)14-23(19)31)15-33-29-27(22-6-2-3-7-26(22)38-29)28(34)32-16-21-5-4-12-36-21/h4-5,8-15H,2-3,6-7,16-17H2,1H3,(H,32,34). The molecular formula is C29H26Cl2N2O4S. The number of aliphatic imine (C=N–C) groups is 1. The number of carbonyl (C=O) groups is 1. The van der Waals surface area contributed by atoms with Crippen molar-refractivity contribution in [3.8, 4) is 11.5 Å². The van der Waals surface area contributed by atoms with Crippen LogP contribution in [0.1, 0.15) is 50.5 Å². The van der Waals surface area contributed by atoms with Crippen LogP contribution < -0.4 is 14.8 Å². The molecule has 5 rings (SSSR count). The molecule has 0 radical (unpaired) electrons. The zero-order chi connectivity index (χ0) is 26.5. The smallest absolute Gasteiger partial charge is 0.255 e. The highest BCUT2D eigenvalue weighted by atomic mass is 35.5. The summed E-state index contributed by atoms with van der Waals surface area (Å²) in [6.45, 7) is 0.608. The Morgan fingerprint density at radius 2 is 2.00 bits per heavy atom. The summed E-state index contributed by atoms with van der Waals surface area (Å²) < 4.78 is 16.9. The number of hydrogen-bond acceptors (Lipinski definition) is 6. The van der Waals surface area contributed by atoms with Crippen LogP contribution in [-0.4, -0.2) is 19.2 Å². The second-order valence-corrected chi connectivity index (χ2v) is 10.8. The van der Waals surface area contributed by atoms with E-state index in [0.29, 0.717) is 44.4 Å². The van der Waals surface area contributed by atoms with Gasteiger partial charge in [-0.1, -0.05) is 29.3 Å². The lowest BCUT2D eigenvalue weighted by Crippen LogP contribution is -2.23. The summed E-state index contributed by atoms with van der Waals surface area (Å²) in [6.07, 6.45) is 7.42. The predicted molar refractivity (Wildman–Crippen MR) is 152 cm³/mol. The number of rotatable bonds is 9. The maximum atomic E-state index is 13.2. The Labute approximate surface area is 235 Å². The molecule has 1 N–H and O–H groups in total. The number of hydrogen-bond donors (Lipinski definition) is 1. The lowest BCUT2D eigenvalue weighted by Gasteiger charge is -2.12. The van der Waals surface area contributed by atoms with Crippen molar-refractivity contribution < 1.29 is 18.7 Å². The summed E-state index contributed by atoms with van der Waals surface area (Å²) in [4.78, 5) is 19.2. The highest BCUT2D eigenvalue weighted by Gasteiger charge is 2.25. The van der Waals surface area contributed by atoms with Gasteiger partial charge in [-0.15, -0.1) is 11.3 Å². The highest BCUT2D eigenvalue weighted by Crippen LogP contribution is 2.40. The van der Waals surface area contributed by atoms with E-state index in [1.807, 2.05) is 30.3 Å². The van der Waals surface area contributed by atoms with Gasteiger partial charge in [0.05, 0.1) is 25.5 Å². The molecule has 0 atom stereocenters. The number of furan rings is 1. The zero-order valence-corrected chi connectivity index (χ0v) is 23.1. The quantitative estimate of drug-likeness (QED) is 0.209. The van der Waals surface area contributed by atoms with Gasteiger partial charge in [0.25, 0.3) is 5.91 Å². The molecule has 0 spiro atoms. The maximum Gasteiger partial charge on any atom is 0.255 e. The number of nitrogens with zero attached hydrogens (tertiary/aromatic N) is 1. The van der Waals surface area contributed by atoms with E-state index in [1.165, 1.54) is 4.88 Å². The molecule has 4 aromatic rings. The fourth-order valence-electron chi connectivity index (χ4n) is 4.36. The molecule has 2 heterocycles. The highest BCUT2D eigenvalue weighted by molar-refractivity contribution is 7.16. The van der Waals surface area contributed by atoms with E-state index in [2.05, 4.69) is 5.32 Å². The molecule has 0 aliphatic heterocycles. The van der Waals surface area contributed by atoms with E-state index >= 15 is 0 Å². The van der Waals surface area contributed by atoms with Crippen molar-refractivity contribution in [2.24, 2.45) is 4.99 Å². The van der Waals surface area contributed by atoms with Gasteiger partial charge < -0.3 is 19.2 Å². The topological polar surface area (TPSA) is 73.1 Å². The monoisotopic (exact) mass is 568 g/mol. The van der Waals surface area contributed by atoms with E-state index in [4.69, 9.17) is 42.1 Å². The first-order chi connectivity index (χ1) is 18.5. The van der Waals surface area contributed by atoms with E-state index < -0.39 is 0 Å². The van der Waals surface area contributed by atoms with E-state index in [1.54, 1.807) is 49.1 Å². The second kappa shape index (κ2) is 12.1. The van der Waals surface area contributed by atoms with Gasteiger partial charge in [0.2, 0.25) is 0 Å². The van der Waals surface area contributed by atoms with Crippen LogP contribution in [0.5, 0.6) is 11.5 Å². The SMILES string of the molecule is COc1cc(C=Nc2sc3c(c2C(=O)NCc2ccco2)CCCC3)ccc1OCc1ccc(Cl)cc1Cl. The predicted octanol–water partition coefficient (Wildman–Crippen LogP) is 7.79. The molecule has 0 unspecified atom stereocenters. The van der Waals surface area contributed by atoms with Gasteiger partial charge in [0.15, 0.2) is 11.5 Å². The van der Waals surface area contributed by atoms with Crippen LogP contribution in [0.25, 0.3) is 0 Å². The van der Waals surface area contributed by atoms with Gasteiger partial charge in [0.1, 0.15) is 17.4 Å². The Kier molecular flexibility index (Phi) is 8.37. The minimum absolute atomic E-state index is 0.130. The summed E-state index contributed by atoms with van der Waals surface area (Å²) in [5.74, 6) is 1.73. The number of methoxy groups -OCH3 is 1. The van der Waals surface area contributed by atoms with Crippen LogP contribution in [0.4, 0.5) is 5.00 Å². The molecular weight excluding hydrogens is 543 g/mol. The fourth-order valence-corrected chi connectivity index (χ4v) is 6.05. The Morgan fingerprint density at radius 1 is 1.13 bits per heavy atom. The van der Waals surface area contributed by atoms with Crippen LogP contribution >= 0.6 is 34.5 Å². The number of carbonyl (C=O) groups excluding carboxylic acids is 1. The van der Waals surface area contributed by atoms with Gasteiger partial charge in [-0.05, 0) is 79.3 Å². The Balaban J connectivity index is 1.34. The molecule has 1 amide bonds. The summed E-state index contributed by atoms with van der Waals surface area (Å²) in [5, 5.41) is 4.81. The molecule has 2 aromatic heterocycles. The Morgan fingerprint density at radius 3 is 2.79 bits per heavy atom. The number of aryl methyl sites for hydroxylation is 1. The van der Waals surface area contributed by atoms with Crippen molar-refractivity contribution in [3.63, 3.8) is 0 Å². The normalized spacial score (nSPS) is 12.9. The minimum atomic E-state index is -0.130. The number of ether oxygens (including phenoxy) is 2. The van der Waals surface area contributed by atoms with Crippen molar-refractivity contribution >= 4 is 51.7 Å². The Bertz CT molecular complexity index is 1460. The average Bonchev–Trinajstić information content (AvgIpc) is 3.58. The summed E-state index contributed by atoms with van der Waals surface area (Å²) in [6, 6.07) is 14.5. The zero-order valence-electron chi connectivity index (χ0n) is 20.8. The van der Waals surface area contributed by atoms with Crippen LogP contribution in [-0.2, 0) is 26.0 Å². The molecule has 0 saturated heterocycles. The molecule has 0 bridgehead atoms. The first-order valence-electron chi connectivity index (χ1n) is 12.3. The molecule has 1 aliphatic rings. The van der Waals surface area contributed by atoms with Crippen LogP contribution in [0.2, 0.25) is 10.0 Å². The largest absolute Gasteiger partial charge is 0.493 e. The molecule has 9 heteroatoms. The number of benzene rings is 2. The number of nitrogens with one attached hydrogen (secondary N) is 1. The van der Waals surface area contributed by atoms with Crippen LogP contribution in [0.3, 0.4) is 0 Å². The second-order valence-electron chi connectivity index (χ2n) is 8.85. The molecule has 0 fully saturated rings. The third-order valence-corrected chi connectivity index (χ3v) is 8.09. The van der Waals surface area contributed by atoms with Crippen LogP contribution in [0.15, 0.2) is 64.2 Å². The van der Waals surface area contributed by atoms with Crippen molar-refractivity contribution in [1.29, 1.82) is 0 Å². The minimum Gasteiger partial charge on any atom is -0.493 e. The number of amides is 1. The van der Waals surface area contributed by atoms with Gasteiger partial charge >= 0.3 is 0 Å². The maximum absolute atomic E-state index is 13.2. The lowest BCUT2D eigenvalue weighted by atomic mass is 9.95. The van der Waals surface area contributed by atoms with Gasteiger partial charge in [-0.2, -0.15) is 0 Å². The molecule has 6 nitrogen and oxygen atoms in total. The van der Waals surface area contributed by atoms with Crippen molar-refractivity contribution in [3.05, 3.63) is 97.7 Å². The number of thiophene rings is 1.